The fraction of sp³-hybridized carbons (Fsp3) is 0.462. The Morgan fingerprint density at radius 1 is 0.567 bits per heavy atom. The molecule has 2 unspecified atom stereocenters. The SMILES string of the molecule is CCCC[Si](Cl)(CC)c1c2ccccc2c([Si](Cl)(CC)CCCC)c2ccccc12. The summed E-state index contributed by atoms with van der Waals surface area (Å²) in [5.41, 5.74) is 0. The van der Waals surface area contributed by atoms with Crippen LogP contribution in [0, 0.1) is 0 Å². The third-order valence-corrected chi connectivity index (χ3v) is 18.1. The van der Waals surface area contributed by atoms with Crippen molar-refractivity contribution >= 4 is 68.8 Å². The van der Waals surface area contributed by atoms with E-state index in [1.807, 2.05) is 0 Å². The van der Waals surface area contributed by atoms with Crippen LogP contribution in [0.15, 0.2) is 48.5 Å². The van der Waals surface area contributed by atoms with E-state index < -0.39 is 14.8 Å². The Hall–Kier alpha value is -0.806. The molecule has 0 aliphatic heterocycles. The molecule has 30 heavy (non-hydrogen) atoms. The molecule has 4 heteroatoms. The summed E-state index contributed by atoms with van der Waals surface area (Å²) >= 11 is 15.2. The fourth-order valence-corrected chi connectivity index (χ4v) is 13.5. The normalized spacial score (nSPS) is 15.9. The van der Waals surface area contributed by atoms with E-state index >= 15 is 0 Å². The monoisotopic (exact) mass is 474 g/mol. The van der Waals surface area contributed by atoms with Crippen LogP contribution in [0.3, 0.4) is 0 Å². The average Bonchev–Trinajstić information content (AvgIpc) is 2.79. The third-order valence-electron chi connectivity index (χ3n) is 6.80. The van der Waals surface area contributed by atoms with E-state index in [0.29, 0.717) is 0 Å². The average molecular weight is 476 g/mol. The first-order valence-electron chi connectivity index (χ1n) is 11.8. The Balaban J connectivity index is 2.44. The summed E-state index contributed by atoms with van der Waals surface area (Å²) in [6, 6.07) is 22.4. The largest absolute Gasteiger partial charge is 0.187 e. The van der Waals surface area contributed by atoms with Gasteiger partial charge in [0.25, 0.3) is 0 Å². The molecule has 0 bridgehead atoms. The van der Waals surface area contributed by atoms with Gasteiger partial charge in [-0.15, -0.1) is 0 Å². The van der Waals surface area contributed by atoms with Crippen molar-refractivity contribution < 1.29 is 0 Å². The van der Waals surface area contributed by atoms with Crippen LogP contribution < -0.4 is 10.4 Å². The molecule has 3 rings (SSSR count). The molecule has 0 aliphatic rings. The second-order valence-electron chi connectivity index (χ2n) is 8.69. The number of unbranched alkanes of at least 4 members (excludes halogenated alkanes) is 2. The highest BCUT2D eigenvalue weighted by molar-refractivity contribution is 7.30. The van der Waals surface area contributed by atoms with Gasteiger partial charge in [-0.1, -0.05) is 102 Å². The van der Waals surface area contributed by atoms with Gasteiger partial charge in [-0.2, -0.15) is 22.2 Å². The lowest BCUT2D eigenvalue weighted by Gasteiger charge is -2.32. The van der Waals surface area contributed by atoms with Gasteiger partial charge in [-0.3, -0.25) is 0 Å². The molecule has 0 heterocycles. The van der Waals surface area contributed by atoms with Gasteiger partial charge in [0.05, 0.1) is 0 Å². The fourth-order valence-electron chi connectivity index (χ4n) is 4.96. The van der Waals surface area contributed by atoms with Crippen molar-refractivity contribution in [2.24, 2.45) is 0 Å². The highest BCUT2D eigenvalue weighted by Gasteiger charge is 2.39. The van der Waals surface area contributed by atoms with Crippen molar-refractivity contribution in [3.05, 3.63) is 48.5 Å². The van der Waals surface area contributed by atoms with Crippen LogP contribution in [-0.2, 0) is 0 Å². The summed E-state index contributed by atoms with van der Waals surface area (Å²) in [6.45, 7) is 9.12. The summed E-state index contributed by atoms with van der Waals surface area (Å²) in [5, 5.41) is 8.38. The van der Waals surface area contributed by atoms with Crippen molar-refractivity contribution in [2.45, 2.75) is 77.6 Å². The summed E-state index contributed by atoms with van der Waals surface area (Å²) in [6.07, 6.45) is 4.79. The second kappa shape index (κ2) is 10.2. The minimum Gasteiger partial charge on any atom is -0.161 e. The molecule has 0 nitrogen and oxygen atoms in total. The molecule has 0 aromatic heterocycles. The first-order chi connectivity index (χ1) is 14.5. The Kier molecular flexibility index (Phi) is 8.11. The summed E-state index contributed by atoms with van der Waals surface area (Å²) in [5.74, 6) is 0. The van der Waals surface area contributed by atoms with E-state index in [-0.39, 0.29) is 0 Å². The van der Waals surface area contributed by atoms with E-state index in [0.717, 1.165) is 24.2 Å². The molecule has 0 amide bonds. The minimum absolute atomic E-state index is 1.06. The number of fused-ring (bicyclic) bond motifs is 2. The molecule has 0 spiro atoms. The Labute approximate surface area is 194 Å². The van der Waals surface area contributed by atoms with Gasteiger partial charge in [0.15, 0.2) is 14.8 Å². The quantitative estimate of drug-likeness (QED) is 0.157. The zero-order valence-electron chi connectivity index (χ0n) is 19.0. The molecular formula is C26H36Cl2Si2. The van der Waals surface area contributed by atoms with Crippen LogP contribution in [0.1, 0.15) is 53.4 Å². The first-order valence-corrected chi connectivity index (χ1v) is 18.6. The Morgan fingerprint density at radius 3 is 1.10 bits per heavy atom. The standard InChI is InChI=1S/C26H36Cl2Si2/c1-5-9-19-29(27,7-3)25-21-15-11-13-17-23(21)26(24-18-14-12-16-22(24)25)30(28,8-4)20-10-6-2/h11-18H,5-10,19-20H2,1-4H3. The van der Waals surface area contributed by atoms with Gasteiger partial charge >= 0.3 is 0 Å². The van der Waals surface area contributed by atoms with E-state index in [2.05, 4.69) is 76.2 Å². The predicted molar refractivity (Wildman–Crippen MR) is 144 cm³/mol. The molecule has 0 N–H and O–H groups in total. The van der Waals surface area contributed by atoms with Crippen molar-refractivity contribution in [1.29, 1.82) is 0 Å². The highest BCUT2D eigenvalue weighted by atomic mass is 35.6. The number of hydrogen-bond acceptors (Lipinski definition) is 0. The van der Waals surface area contributed by atoms with Crippen molar-refractivity contribution in [3.8, 4) is 0 Å². The van der Waals surface area contributed by atoms with E-state index in [9.17, 15) is 0 Å². The van der Waals surface area contributed by atoms with Crippen LogP contribution in [0.2, 0.25) is 24.2 Å². The Morgan fingerprint density at radius 2 is 0.867 bits per heavy atom. The lowest BCUT2D eigenvalue weighted by atomic mass is 10.0. The molecule has 0 saturated carbocycles. The van der Waals surface area contributed by atoms with Crippen molar-refractivity contribution in [1.82, 2.24) is 0 Å². The minimum atomic E-state index is -2.12. The zero-order valence-corrected chi connectivity index (χ0v) is 22.5. The van der Waals surface area contributed by atoms with Crippen LogP contribution in [0.4, 0.5) is 0 Å². The molecule has 2 atom stereocenters. The number of rotatable bonds is 10. The maximum absolute atomic E-state index is 7.59. The highest BCUT2D eigenvalue weighted by Crippen LogP contribution is 2.34. The molecule has 0 saturated heterocycles. The first kappa shape index (κ1) is 23.8. The third kappa shape index (κ3) is 4.39. The maximum Gasteiger partial charge on any atom is 0.187 e. The number of hydrogen-bond donors (Lipinski definition) is 0. The molecule has 3 aromatic carbocycles. The topological polar surface area (TPSA) is 0 Å². The van der Waals surface area contributed by atoms with E-state index in [1.165, 1.54) is 57.6 Å². The summed E-state index contributed by atoms with van der Waals surface area (Å²) < 4.78 is 0. The lowest BCUT2D eigenvalue weighted by molar-refractivity contribution is 0.871. The smallest absolute Gasteiger partial charge is 0.161 e. The van der Waals surface area contributed by atoms with Crippen molar-refractivity contribution in [3.63, 3.8) is 0 Å². The van der Waals surface area contributed by atoms with Gasteiger partial charge in [0, 0.05) is 0 Å². The lowest BCUT2D eigenvalue weighted by Crippen LogP contribution is -2.47. The van der Waals surface area contributed by atoms with Gasteiger partial charge in [-0.25, -0.2) is 0 Å². The van der Waals surface area contributed by atoms with Gasteiger partial charge < -0.3 is 0 Å². The number of halogens is 2. The molecule has 162 valence electrons. The molecule has 0 fully saturated rings. The van der Waals surface area contributed by atoms with Crippen LogP contribution in [0.25, 0.3) is 21.5 Å². The van der Waals surface area contributed by atoms with Gasteiger partial charge in [-0.05, 0) is 56.1 Å². The maximum atomic E-state index is 7.59. The Bertz CT molecular complexity index is 866. The van der Waals surface area contributed by atoms with Crippen LogP contribution in [0.5, 0.6) is 0 Å². The van der Waals surface area contributed by atoms with Crippen LogP contribution in [-0.4, -0.2) is 14.8 Å². The summed E-state index contributed by atoms with van der Waals surface area (Å²) in [4.78, 5) is 0. The number of benzene rings is 3. The second-order valence-corrected chi connectivity index (χ2v) is 20.3. The van der Waals surface area contributed by atoms with Crippen LogP contribution >= 0.6 is 22.2 Å². The molecular weight excluding hydrogens is 439 g/mol. The molecule has 0 aliphatic carbocycles. The van der Waals surface area contributed by atoms with E-state index in [4.69, 9.17) is 22.2 Å². The van der Waals surface area contributed by atoms with Gasteiger partial charge in [0.1, 0.15) is 0 Å². The van der Waals surface area contributed by atoms with Crippen molar-refractivity contribution in [2.75, 3.05) is 0 Å². The molecule has 3 aromatic rings. The predicted octanol–water partition coefficient (Wildman–Crippen LogP) is 8.42. The zero-order chi connectivity index (χ0) is 21.8. The van der Waals surface area contributed by atoms with E-state index in [1.54, 1.807) is 0 Å². The summed E-state index contributed by atoms with van der Waals surface area (Å²) in [7, 11) is -4.24. The van der Waals surface area contributed by atoms with Gasteiger partial charge in [0.2, 0.25) is 0 Å². The molecule has 0 radical (unpaired) electrons.